The summed E-state index contributed by atoms with van der Waals surface area (Å²) in [6.07, 6.45) is 7.07. The maximum Gasteiger partial charge on any atom is 0.00105 e. The number of rotatable bonds is 3. The van der Waals surface area contributed by atoms with E-state index in [-0.39, 0.29) is 0 Å². The first-order valence-corrected chi connectivity index (χ1v) is 6.27. The summed E-state index contributed by atoms with van der Waals surface area (Å²) < 4.78 is 0. The van der Waals surface area contributed by atoms with Crippen LogP contribution in [0.2, 0.25) is 0 Å². The normalized spacial score (nSPS) is 41.6. The molecule has 1 heteroatoms. The van der Waals surface area contributed by atoms with E-state index in [1.54, 1.807) is 0 Å². The van der Waals surface area contributed by atoms with E-state index in [1.165, 1.54) is 32.1 Å². The minimum absolute atomic E-state index is 0.399. The van der Waals surface area contributed by atoms with Crippen LogP contribution in [-0.4, -0.2) is 6.04 Å². The molecule has 0 radical (unpaired) electrons. The van der Waals surface area contributed by atoms with Crippen LogP contribution < -0.4 is 5.73 Å². The number of hydrogen-bond donors (Lipinski definition) is 1. The van der Waals surface area contributed by atoms with Gasteiger partial charge in [0.25, 0.3) is 0 Å². The van der Waals surface area contributed by atoms with Crippen LogP contribution in [0.4, 0.5) is 0 Å². The van der Waals surface area contributed by atoms with E-state index in [2.05, 4.69) is 20.8 Å². The summed E-state index contributed by atoms with van der Waals surface area (Å²) in [6.45, 7) is 7.09. The van der Waals surface area contributed by atoms with Gasteiger partial charge in [0.1, 0.15) is 0 Å². The van der Waals surface area contributed by atoms with Gasteiger partial charge in [-0.1, -0.05) is 13.8 Å². The molecule has 3 aliphatic rings. The van der Waals surface area contributed by atoms with E-state index >= 15 is 0 Å². The van der Waals surface area contributed by atoms with Crippen molar-refractivity contribution in [2.24, 2.45) is 28.9 Å². The Morgan fingerprint density at radius 1 is 1.36 bits per heavy atom. The second kappa shape index (κ2) is 3.52. The van der Waals surface area contributed by atoms with E-state index in [4.69, 9.17) is 5.73 Å². The van der Waals surface area contributed by atoms with E-state index in [0.29, 0.717) is 11.5 Å². The highest BCUT2D eigenvalue weighted by Crippen LogP contribution is 2.62. The maximum absolute atomic E-state index is 5.84. The van der Waals surface area contributed by atoms with Crippen molar-refractivity contribution in [1.29, 1.82) is 0 Å². The van der Waals surface area contributed by atoms with Crippen LogP contribution in [0, 0.1) is 23.2 Å². The molecule has 4 atom stereocenters. The molecule has 3 fully saturated rings. The lowest BCUT2D eigenvalue weighted by Crippen LogP contribution is -2.52. The first-order chi connectivity index (χ1) is 6.51. The second-order valence-electron chi connectivity index (χ2n) is 6.25. The standard InChI is InChI=1S/C13H25N/c1-9(14)4-5-10-6-7-11-8-12(10)13(11,2)3/h9-12H,4-8,14H2,1-3H3/t9-,10?,11-,12-/m0/s1. The zero-order chi connectivity index (χ0) is 10.3. The fraction of sp³-hybridized carbons (Fsp3) is 1.00. The lowest BCUT2D eigenvalue weighted by atomic mass is 9.45. The summed E-state index contributed by atoms with van der Waals surface area (Å²) in [7, 11) is 0. The molecule has 1 unspecified atom stereocenters. The Morgan fingerprint density at radius 3 is 2.57 bits per heavy atom. The first-order valence-electron chi connectivity index (χ1n) is 6.27. The average Bonchev–Trinajstić information content (AvgIpc) is 2.14. The van der Waals surface area contributed by atoms with Gasteiger partial charge >= 0.3 is 0 Å². The van der Waals surface area contributed by atoms with Gasteiger partial charge in [0, 0.05) is 6.04 Å². The fourth-order valence-electron chi connectivity index (χ4n) is 3.79. The Kier molecular flexibility index (Phi) is 2.63. The fourth-order valence-corrected chi connectivity index (χ4v) is 3.79. The molecular formula is C13H25N. The lowest BCUT2D eigenvalue weighted by molar-refractivity contribution is -0.107. The summed E-state index contributed by atoms with van der Waals surface area (Å²) in [6, 6.07) is 0.399. The van der Waals surface area contributed by atoms with Crippen LogP contribution >= 0.6 is 0 Å². The third-order valence-electron chi connectivity index (χ3n) is 4.99. The first kappa shape index (κ1) is 10.5. The maximum atomic E-state index is 5.84. The zero-order valence-electron chi connectivity index (χ0n) is 9.92. The van der Waals surface area contributed by atoms with Crippen LogP contribution in [0.3, 0.4) is 0 Å². The molecule has 0 aromatic carbocycles. The van der Waals surface area contributed by atoms with Gasteiger partial charge in [-0.05, 0) is 62.2 Å². The predicted molar refractivity (Wildman–Crippen MR) is 61.0 cm³/mol. The molecule has 2 bridgehead atoms. The molecule has 0 saturated heterocycles. The minimum atomic E-state index is 0.399. The lowest BCUT2D eigenvalue weighted by Gasteiger charge is -2.60. The molecule has 1 nitrogen and oxygen atoms in total. The Hall–Kier alpha value is -0.0400. The monoisotopic (exact) mass is 195 g/mol. The minimum Gasteiger partial charge on any atom is -0.328 e. The van der Waals surface area contributed by atoms with E-state index in [9.17, 15) is 0 Å². The van der Waals surface area contributed by atoms with Crippen LogP contribution in [0.15, 0.2) is 0 Å². The van der Waals surface area contributed by atoms with Gasteiger partial charge in [-0.3, -0.25) is 0 Å². The smallest absolute Gasteiger partial charge is 0.00105 e. The third kappa shape index (κ3) is 1.60. The summed E-state index contributed by atoms with van der Waals surface area (Å²) in [5.41, 5.74) is 6.49. The second-order valence-corrected chi connectivity index (χ2v) is 6.25. The van der Waals surface area contributed by atoms with Crippen molar-refractivity contribution in [2.45, 2.75) is 58.9 Å². The van der Waals surface area contributed by atoms with E-state index in [1.807, 2.05) is 0 Å². The number of nitrogens with two attached hydrogens (primary N) is 1. The molecule has 82 valence electrons. The van der Waals surface area contributed by atoms with Crippen molar-refractivity contribution < 1.29 is 0 Å². The molecule has 3 rings (SSSR count). The van der Waals surface area contributed by atoms with Crippen molar-refractivity contribution in [3.63, 3.8) is 0 Å². The van der Waals surface area contributed by atoms with Crippen molar-refractivity contribution in [1.82, 2.24) is 0 Å². The van der Waals surface area contributed by atoms with Crippen LogP contribution in [0.25, 0.3) is 0 Å². The van der Waals surface area contributed by atoms with Gasteiger partial charge in [0.2, 0.25) is 0 Å². The molecule has 0 heterocycles. The van der Waals surface area contributed by atoms with Gasteiger partial charge in [0.15, 0.2) is 0 Å². The van der Waals surface area contributed by atoms with E-state index in [0.717, 1.165) is 17.8 Å². The molecule has 0 aliphatic heterocycles. The SMILES string of the molecule is C[C@H](N)CCC1CC[C@H]2C[C@@H]1C2(C)C. The topological polar surface area (TPSA) is 26.0 Å². The van der Waals surface area contributed by atoms with Gasteiger partial charge in [-0.25, -0.2) is 0 Å². The van der Waals surface area contributed by atoms with Gasteiger partial charge in [-0.2, -0.15) is 0 Å². The third-order valence-corrected chi connectivity index (χ3v) is 4.99. The zero-order valence-corrected chi connectivity index (χ0v) is 9.92. The van der Waals surface area contributed by atoms with Crippen LogP contribution in [-0.2, 0) is 0 Å². The number of hydrogen-bond acceptors (Lipinski definition) is 1. The summed E-state index contributed by atoms with van der Waals surface area (Å²) in [5, 5.41) is 0. The highest BCUT2D eigenvalue weighted by molar-refractivity contribution is 5.03. The molecule has 0 aromatic rings. The van der Waals surface area contributed by atoms with Crippen LogP contribution in [0.5, 0.6) is 0 Å². The van der Waals surface area contributed by atoms with Crippen molar-refractivity contribution >= 4 is 0 Å². The molecule has 2 N–H and O–H groups in total. The summed E-state index contributed by atoms with van der Waals surface area (Å²) >= 11 is 0. The van der Waals surface area contributed by atoms with E-state index < -0.39 is 0 Å². The highest BCUT2D eigenvalue weighted by atomic mass is 14.6. The van der Waals surface area contributed by atoms with Crippen LogP contribution in [0.1, 0.15) is 52.9 Å². The Labute approximate surface area is 88.4 Å². The Morgan fingerprint density at radius 2 is 2.07 bits per heavy atom. The molecular weight excluding hydrogens is 170 g/mol. The van der Waals surface area contributed by atoms with Crippen molar-refractivity contribution in [3.8, 4) is 0 Å². The van der Waals surface area contributed by atoms with Gasteiger partial charge < -0.3 is 5.73 Å². The van der Waals surface area contributed by atoms with Gasteiger partial charge in [-0.15, -0.1) is 0 Å². The Bertz CT molecular complexity index is 205. The van der Waals surface area contributed by atoms with Gasteiger partial charge in [0.05, 0.1) is 0 Å². The Balaban J connectivity index is 1.88. The largest absolute Gasteiger partial charge is 0.328 e. The van der Waals surface area contributed by atoms with Crippen molar-refractivity contribution in [3.05, 3.63) is 0 Å². The van der Waals surface area contributed by atoms with Crippen molar-refractivity contribution in [2.75, 3.05) is 0 Å². The average molecular weight is 195 g/mol. The number of fused-ring (bicyclic) bond motifs is 2. The molecule has 0 spiro atoms. The summed E-state index contributed by atoms with van der Waals surface area (Å²) in [4.78, 5) is 0. The molecule has 0 aromatic heterocycles. The molecule has 3 aliphatic carbocycles. The molecule has 14 heavy (non-hydrogen) atoms. The highest BCUT2D eigenvalue weighted by Gasteiger charge is 2.53. The molecule has 3 saturated carbocycles. The summed E-state index contributed by atoms with van der Waals surface area (Å²) in [5.74, 6) is 3.04. The predicted octanol–water partition coefficient (Wildman–Crippen LogP) is 3.19. The molecule has 0 amide bonds. The quantitative estimate of drug-likeness (QED) is 0.735.